The Labute approximate surface area is 214 Å². The first kappa shape index (κ1) is 23.7. The smallest absolute Gasteiger partial charge is 0.293 e. The van der Waals surface area contributed by atoms with Crippen LogP contribution in [0.4, 0.5) is 10.5 Å². The molecule has 8 nitrogen and oxygen atoms in total. The molecule has 0 bridgehead atoms. The van der Waals surface area contributed by atoms with Crippen LogP contribution in [-0.4, -0.2) is 34.1 Å². The van der Waals surface area contributed by atoms with E-state index in [-0.39, 0.29) is 28.8 Å². The Morgan fingerprint density at radius 2 is 1.86 bits per heavy atom. The second-order valence-electron chi connectivity index (χ2n) is 7.78. The third-order valence-corrected chi connectivity index (χ3v) is 6.76. The molecule has 0 aliphatic carbocycles. The van der Waals surface area contributed by atoms with Crippen LogP contribution in [0, 0.1) is 10.1 Å². The summed E-state index contributed by atoms with van der Waals surface area (Å²) in [7, 11) is 0. The van der Waals surface area contributed by atoms with Crippen molar-refractivity contribution in [1.82, 2.24) is 4.90 Å². The van der Waals surface area contributed by atoms with E-state index in [0.29, 0.717) is 22.8 Å². The van der Waals surface area contributed by atoms with Crippen molar-refractivity contribution in [1.29, 1.82) is 0 Å². The van der Waals surface area contributed by atoms with Gasteiger partial charge in [-0.25, -0.2) is 0 Å². The molecule has 10 heteroatoms. The summed E-state index contributed by atoms with van der Waals surface area (Å²) in [5.74, 6) is 0.846. The monoisotopic (exact) mass is 520 g/mol. The maximum Gasteiger partial charge on any atom is 0.293 e. The molecular formula is C26H17ClN2O6S. The Bertz CT molecular complexity index is 1540. The summed E-state index contributed by atoms with van der Waals surface area (Å²) in [6, 6.07) is 20.7. The fourth-order valence-electron chi connectivity index (χ4n) is 3.78. The number of furan rings is 1. The number of fused-ring (bicyclic) bond motifs is 1. The number of imide groups is 1. The molecule has 1 aliphatic rings. The number of carbonyl (C=O) groups is 2. The number of rotatable bonds is 7. The number of nitro benzene ring substituents is 1. The quantitative estimate of drug-likeness (QED) is 0.150. The highest BCUT2D eigenvalue weighted by molar-refractivity contribution is 8.18. The summed E-state index contributed by atoms with van der Waals surface area (Å²) < 4.78 is 11.6. The average Bonchev–Trinajstić information content (AvgIpc) is 3.44. The molecule has 0 spiro atoms. The SMILES string of the molecule is O=C1S/C(=C\c2ccc(-c3cc([N+](=O)[O-])ccc3Cl)o2)C(=O)N1CCOc1cccc2ccccc12. The number of nitrogens with zero attached hydrogens (tertiary/aromatic N) is 2. The molecule has 1 fully saturated rings. The summed E-state index contributed by atoms with van der Waals surface area (Å²) in [6.07, 6.45) is 1.46. The maximum atomic E-state index is 12.8. The lowest BCUT2D eigenvalue weighted by molar-refractivity contribution is -0.384. The lowest BCUT2D eigenvalue weighted by Crippen LogP contribution is -2.32. The van der Waals surface area contributed by atoms with Crippen molar-refractivity contribution in [2.24, 2.45) is 0 Å². The van der Waals surface area contributed by atoms with Crippen LogP contribution in [0.5, 0.6) is 5.75 Å². The number of non-ortho nitro benzene ring substituents is 1. The number of hydrogen-bond acceptors (Lipinski definition) is 7. The van der Waals surface area contributed by atoms with E-state index in [0.717, 1.165) is 27.4 Å². The fourth-order valence-corrected chi connectivity index (χ4v) is 4.84. The third kappa shape index (κ3) is 4.71. The molecule has 0 saturated carbocycles. The normalized spacial score (nSPS) is 14.7. The van der Waals surface area contributed by atoms with Crippen molar-refractivity contribution in [3.05, 3.63) is 98.6 Å². The van der Waals surface area contributed by atoms with Crippen LogP contribution in [0.3, 0.4) is 0 Å². The summed E-state index contributed by atoms with van der Waals surface area (Å²) in [6.45, 7) is 0.243. The highest BCUT2D eigenvalue weighted by atomic mass is 35.5. The van der Waals surface area contributed by atoms with Gasteiger partial charge in [0.1, 0.15) is 23.9 Å². The van der Waals surface area contributed by atoms with Gasteiger partial charge in [0.25, 0.3) is 16.8 Å². The van der Waals surface area contributed by atoms with Gasteiger partial charge in [0, 0.05) is 29.2 Å². The van der Waals surface area contributed by atoms with E-state index >= 15 is 0 Å². The number of amides is 2. The minimum atomic E-state index is -0.524. The largest absolute Gasteiger partial charge is 0.491 e. The number of nitro groups is 1. The number of thioether (sulfide) groups is 1. The Kier molecular flexibility index (Phi) is 6.49. The van der Waals surface area contributed by atoms with Crippen LogP contribution in [0.2, 0.25) is 5.02 Å². The second kappa shape index (κ2) is 9.88. The van der Waals surface area contributed by atoms with Crippen molar-refractivity contribution in [3.63, 3.8) is 0 Å². The molecule has 1 aliphatic heterocycles. The van der Waals surface area contributed by atoms with E-state index in [4.69, 9.17) is 20.8 Å². The molecule has 180 valence electrons. The first-order valence-electron chi connectivity index (χ1n) is 10.8. The van der Waals surface area contributed by atoms with Crippen LogP contribution in [0.25, 0.3) is 28.2 Å². The number of carbonyl (C=O) groups excluding carboxylic acids is 2. The predicted octanol–water partition coefficient (Wildman–Crippen LogP) is 6.78. The van der Waals surface area contributed by atoms with Crippen molar-refractivity contribution in [3.8, 4) is 17.1 Å². The van der Waals surface area contributed by atoms with E-state index in [1.54, 1.807) is 12.1 Å². The van der Waals surface area contributed by atoms with Gasteiger partial charge in [0.05, 0.1) is 21.4 Å². The minimum absolute atomic E-state index is 0.0952. The van der Waals surface area contributed by atoms with Crippen LogP contribution < -0.4 is 4.74 Å². The summed E-state index contributed by atoms with van der Waals surface area (Å²) >= 11 is 6.99. The van der Waals surface area contributed by atoms with E-state index in [2.05, 4.69) is 0 Å². The highest BCUT2D eigenvalue weighted by Crippen LogP contribution is 2.36. The van der Waals surface area contributed by atoms with E-state index in [9.17, 15) is 19.7 Å². The molecule has 1 saturated heterocycles. The zero-order chi connectivity index (χ0) is 25.2. The lowest BCUT2D eigenvalue weighted by atomic mass is 10.1. The van der Waals surface area contributed by atoms with Crippen LogP contribution >= 0.6 is 23.4 Å². The van der Waals surface area contributed by atoms with E-state index in [1.807, 2.05) is 42.5 Å². The zero-order valence-electron chi connectivity index (χ0n) is 18.5. The fraction of sp³-hybridized carbons (Fsp3) is 0.0769. The number of ether oxygens (including phenoxy) is 1. The summed E-state index contributed by atoms with van der Waals surface area (Å²) in [5, 5.41) is 12.9. The van der Waals surface area contributed by atoms with Gasteiger partial charge in [0.15, 0.2) is 0 Å². The van der Waals surface area contributed by atoms with Gasteiger partial charge in [-0.05, 0) is 41.4 Å². The number of benzene rings is 3. The van der Waals surface area contributed by atoms with Gasteiger partial charge < -0.3 is 9.15 Å². The van der Waals surface area contributed by atoms with Gasteiger partial charge in [-0.3, -0.25) is 24.6 Å². The summed E-state index contributed by atoms with van der Waals surface area (Å²) in [4.78, 5) is 37.2. The standard InChI is InChI=1S/C26H17ClN2O6S/c27-21-10-8-17(29(32)33)14-20(21)23-11-9-18(35-23)15-24-25(30)28(26(31)36-24)12-13-34-22-7-3-5-16-4-1-2-6-19(16)22/h1-11,14-15H,12-13H2/b24-15-. The lowest BCUT2D eigenvalue weighted by Gasteiger charge is -2.14. The molecule has 36 heavy (non-hydrogen) atoms. The van der Waals surface area contributed by atoms with Crippen molar-refractivity contribution in [2.45, 2.75) is 0 Å². The van der Waals surface area contributed by atoms with Crippen LogP contribution in [0.15, 0.2) is 82.1 Å². The van der Waals surface area contributed by atoms with Gasteiger partial charge in [-0.1, -0.05) is 48.0 Å². The molecule has 0 atom stereocenters. The number of halogens is 1. The van der Waals surface area contributed by atoms with Crippen molar-refractivity contribution < 1.29 is 23.7 Å². The molecule has 1 aromatic heterocycles. The number of hydrogen-bond donors (Lipinski definition) is 0. The molecule has 2 amide bonds. The third-order valence-electron chi connectivity index (χ3n) is 5.52. The molecule has 2 heterocycles. The van der Waals surface area contributed by atoms with Gasteiger partial charge in [0.2, 0.25) is 0 Å². The highest BCUT2D eigenvalue weighted by Gasteiger charge is 2.35. The predicted molar refractivity (Wildman–Crippen MR) is 138 cm³/mol. The first-order chi connectivity index (χ1) is 17.4. The van der Waals surface area contributed by atoms with Gasteiger partial charge >= 0.3 is 0 Å². The average molecular weight is 521 g/mol. The van der Waals surface area contributed by atoms with E-state index in [1.165, 1.54) is 24.3 Å². The van der Waals surface area contributed by atoms with Crippen LogP contribution in [0.1, 0.15) is 5.76 Å². The summed E-state index contributed by atoms with van der Waals surface area (Å²) in [5.41, 5.74) is 0.225. The molecule has 3 aromatic carbocycles. The minimum Gasteiger partial charge on any atom is -0.491 e. The van der Waals surface area contributed by atoms with Crippen LogP contribution in [-0.2, 0) is 4.79 Å². The topological polar surface area (TPSA) is 103 Å². The van der Waals surface area contributed by atoms with Crippen molar-refractivity contribution in [2.75, 3.05) is 13.2 Å². The second-order valence-corrected chi connectivity index (χ2v) is 9.18. The Balaban J connectivity index is 1.28. The van der Waals surface area contributed by atoms with E-state index < -0.39 is 16.1 Å². The Morgan fingerprint density at radius 3 is 2.69 bits per heavy atom. The van der Waals surface area contributed by atoms with Gasteiger partial charge in [-0.2, -0.15) is 0 Å². The van der Waals surface area contributed by atoms with Crippen molar-refractivity contribution >= 4 is 57.0 Å². The molecule has 0 N–H and O–H groups in total. The maximum absolute atomic E-state index is 12.8. The molecular weight excluding hydrogens is 504 g/mol. The van der Waals surface area contributed by atoms with Gasteiger partial charge in [-0.15, -0.1) is 0 Å². The molecule has 4 aromatic rings. The molecule has 0 unspecified atom stereocenters. The zero-order valence-corrected chi connectivity index (χ0v) is 20.1. The first-order valence-corrected chi connectivity index (χ1v) is 12.0. The molecule has 0 radical (unpaired) electrons. The Hall–Kier alpha value is -4.08. The molecule has 5 rings (SSSR count). The Morgan fingerprint density at radius 1 is 1.06 bits per heavy atom.